The summed E-state index contributed by atoms with van der Waals surface area (Å²) < 4.78 is 5.41. The first-order chi connectivity index (χ1) is 9.29. The molecule has 20 heavy (non-hydrogen) atoms. The molecule has 2 amide bonds. The molecule has 2 heterocycles. The lowest BCUT2D eigenvalue weighted by atomic mass is 9.88. The van der Waals surface area contributed by atoms with Gasteiger partial charge in [0.1, 0.15) is 0 Å². The lowest BCUT2D eigenvalue weighted by Crippen LogP contribution is -2.54. The molecule has 0 aromatic carbocycles. The maximum atomic E-state index is 12.3. The predicted octanol–water partition coefficient (Wildman–Crippen LogP) is 1.16. The number of hydrogen-bond acceptors (Lipinski definition) is 3. The normalized spacial score (nSPS) is 33.0. The number of hydrogen-bond donors (Lipinski definition) is 2. The number of aliphatic carboxylic acids is 1. The molecule has 0 aromatic heterocycles. The third kappa shape index (κ3) is 3.23. The minimum Gasteiger partial charge on any atom is -0.481 e. The maximum absolute atomic E-state index is 12.3. The van der Waals surface area contributed by atoms with E-state index in [-0.39, 0.29) is 23.4 Å². The third-order valence-electron chi connectivity index (χ3n) is 4.30. The van der Waals surface area contributed by atoms with Crippen LogP contribution in [0.25, 0.3) is 0 Å². The molecule has 2 aliphatic heterocycles. The highest BCUT2D eigenvalue weighted by molar-refractivity contribution is 5.77. The van der Waals surface area contributed by atoms with Crippen LogP contribution in [0.3, 0.4) is 0 Å². The molecule has 2 rings (SSSR count). The number of carbonyl (C=O) groups is 2. The van der Waals surface area contributed by atoms with E-state index in [0.29, 0.717) is 32.7 Å². The fourth-order valence-electron chi connectivity index (χ4n) is 2.94. The number of likely N-dealkylation sites (tertiary alicyclic amines) is 1. The highest BCUT2D eigenvalue weighted by Gasteiger charge is 2.39. The largest absolute Gasteiger partial charge is 0.481 e. The number of ether oxygens (including phenoxy) is 1. The van der Waals surface area contributed by atoms with Gasteiger partial charge in [0.05, 0.1) is 25.2 Å². The number of carbonyl (C=O) groups excluding carboxylic acids is 1. The van der Waals surface area contributed by atoms with Gasteiger partial charge < -0.3 is 20.1 Å². The summed E-state index contributed by atoms with van der Waals surface area (Å²) in [6.07, 6.45) is 0.636. The lowest BCUT2D eigenvalue weighted by Gasteiger charge is -2.36. The van der Waals surface area contributed by atoms with Crippen molar-refractivity contribution in [1.82, 2.24) is 10.2 Å². The molecule has 0 bridgehead atoms. The molecule has 3 unspecified atom stereocenters. The number of carboxylic acids is 1. The molecule has 0 radical (unpaired) electrons. The van der Waals surface area contributed by atoms with Crippen molar-refractivity contribution in [1.29, 1.82) is 0 Å². The van der Waals surface area contributed by atoms with Gasteiger partial charge in [-0.25, -0.2) is 4.79 Å². The molecular weight excluding hydrogens is 260 g/mol. The minimum atomic E-state index is -0.820. The van der Waals surface area contributed by atoms with E-state index in [1.165, 1.54) is 0 Å². The molecule has 2 aliphatic rings. The molecule has 6 heteroatoms. The first-order valence-electron chi connectivity index (χ1n) is 7.15. The van der Waals surface area contributed by atoms with Gasteiger partial charge in [0.2, 0.25) is 0 Å². The molecular formula is C14H24N2O4. The van der Waals surface area contributed by atoms with Crippen molar-refractivity contribution in [3.05, 3.63) is 0 Å². The van der Waals surface area contributed by atoms with Crippen molar-refractivity contribution in [3.8, 4) is 0 Å². The van der Waals surface area contributed by atoms with Crippen LogP contribution >= 0.6 is 0 Å². The molecule has 0 spiro atoms. The van der Waals surface area contributed by atoms with Crippen LogP contribution in [0, 0.1) is 17.3 Å². The standard InChI is InChI=1S/C14H24N2O4/c1-9-4-10(12(17)18)6-16(5-9)13(19)15-11-7-20-8-14(11,2)3/h9-11H,4-8H2,1-3H3,(H,15,19)(H,17,18). The summed E-state index contributed by atoms with van der Waals surface area (Å²) in [7, 11) is 0. The van der Waals surface area contributed by atoms with Gasteiger partial charge in [0, 0.05) is 18.5 Å². The monoisotopic (exact) mass is 284 g/mol. The summed E-state index contributed by atoms with van der Waals surface area (Å²) in [5, 5.41) is 12.1. The van der Waals surface area contributed by atoms with Gasteiger partial charge in [-0.2, -0.15) is 0 Å². The summed E-state index contributed by atoms with van der Waals surface area (Å²) in [6, 6.07) is -0.193. The van der Waals surface area contributed by atoms with Gasteiger partial charge >= 0.3 is 12.0 Å². The number of urea groups is 1. The van der Waals surface area contributed by atoms with E-state index in [9.17, 15) is 9.59 Å². The second-order valence-electron chi connectivity index (χ2n) is 6.79. The van der Waals surface area contributed by atoms with E-state index in [1.54, 1.807) is 4.90 Å². The fraction of sp³-hybridized carbons (Fsp3) is 0.857. The Morgan fingerprint density at radius 1 is 1.35 bits per heavy atom. The van der Waals surface area contributed by atoms with Crippen molar-refractivity contribution in [2.75, 3.05) is 26.3 Å². The van der Waals surface area contributed by atoms with Crippen molar-refractivity contribution >= 4 is 12.0 Å². The zero-order valence-electron chi connectivity index (χ0n) is 12.4. The Labute approximate surface area is 119 Å². The second kappa shape index (κ2) is 5.60. The topological polar surface area (TPSA) is 78.9 Å². The number of nitrogens with one attached hydrogen (secondary N) is 1. The molecule has 3 atom stereocenters. The zero-order chi connectivity index (χ0) is 14.9. The smallest absolute Gasteiger partial charge is 0.317 e. The second-order valence-corrected chi connectivity index (χ2v) is 6.79. The van der Waals surface area contributed by atoms with Crippen LogP contribution in [0.4, 0.5) is 4.79 Å². The van der Waals surface area contributed by atoms with Crippen LogP contribution in [-0.4, -0.2) is 54.4 Å². The van der Waals surface area contributed by atoms with E-state index < -0.39 is 11.9 Å². The van der Waals surface area contributed by atoms with Gasteiger partial charge in [0.15, 0.2) is 0 Å². The molecule has 2 saturated heterocycles. The Hall–Kier alpha value is -1.30. The summed E-state index contributed by atoms with van der Waals surface area (Å²) in [4.78, 5) is 25.1. The SMILES string of the molecule is CC1CC(C(=O)O)CN(C(=O)NC2COCC2(C)C)C1. The van der Waals surface area contributed by atoms with Crippen LogP contribution in [0.15, 0.2) is 0 Å². The van der Waals surface area contributed by atoms with E-state index in [0.717, 1.165) is 0 Å². The van der Waals surface area contributed by atoms with E-state index in [1.807, 2.05) is 6.92 Å². The molecule has 2 fully saturated rings. The van der Waals surface area contributed by atoms with Gasteiger partial charge in [-0.1, -0.05) is 20.8 Å². The average molecular weight is 284 g/mol. The Morgan fingerprint density at radius 2 is 2.05 bits per heavy atom. The number of carboxylic acid groups (broad SMARTS) is 1. The van der Waals surface area contributed by atoms with Crippen LogP contribution < -0.4 is 5.32 Å². The van der Waals surface area contributed by atoms with Gasteiger partial charge in [-0.05, 0) is 12.3 Å². The van der Waals surface area contributed by atoms with Gasteiger partial charge in [0.25, 0.3) is 0 Å². The van der Waals surface area contributed by atoms with Gasteiger partial charge in [-0.15, -0.1) is 0 Å². The van der Waals surface area contributed by atoms with Crippen molar-refractivity contribution in [2.24, 2.45) is 17.3 Å². The third-order valence-corrected chi connectivity index (χ3v) is 4.30. The van der Waals surface area contributed by atoms with Crippen LogP contribution in [0.1, 0.15) is 27.2 Å². The molecule has 0 aliphatic carbocycles. The van der Waals surface area contributed by atoms with E-state index in [2.05, 4.69) is 19.2 Å². The Kier molecular flexibility index (Phi) is 4.22. The molecule has 114 valence electrons. The summed E-state index contributed by atoms with van der Waals surface area (Å²) in [5.74, 6) is -1.07. The van der Waals surface area contributed by atoms with Crippen molar-refractivity contribution in [2.45, 2.75) is 33.2 Å². The van der Waals surface area contributed by atoms with Crippen molar-refractivity contribution < 1.29 is 19.4 Å². The first kappa shape index (κ1) is 15.1. The highest BCUT2D eigenvalue weighted by Crippen LogP contribution is 2.28. The first-order valence-corrected chi connectivity index (χ1v) is 7.15. The van der Waals surface area contributed by atoms with Gasteiger partial charge in [-0.3, -0.25) is 4.79 Å². The Balaban J connectivity index is 1.96. The minimum absolute atomic E-state index is 0.0180. The molecule has 0 aromatic rings. The maximum Gasteiger partial charge on any atom is 0.317 e. The fourth-order valence-corrected chi connectivity index (χ4v) is 2.94. The van der Waals surface area contributed by atoms with Crippen molar-refractivity contribution in [3.63, 3.8) is 0 Å². The van der Waals surface area contributed by atoms with E-state index >= 15 is 0 Å². The molecule has 6 nitrogen and oxygen atoms in total. The number of amides is 2. The number of rotatable bonds is 2. The Bertz CT molecular complexity index is 397. The highest BCUT2D eigenvalue weighted by atomic mass is 16.5. The molecule has 2 N–H and O–H groups in total. The summed E-state index contributed by atoms with van der Waals surface area (Å²) in [5.41, 5.74) is -0.0801. The Morgan fingerprint density at radius 3 is 2.60 bits per heavy atom. The zero-order valence-corrected chi connectivity index (χ0v) is 12.4. The van der Waals surface area contributed by atoms with Crippen LogP contribution in [0.2, 0.25) is 0 Å². The van der Waals surface area contributed by atoms with E-state index in [4.69, 9.17) is 9.84 Å². The summed E-state index contributed by atoms with van der Waals surface area (Å²) >= 11 is 0. The summed E-state index contributed by atoms with van der Waals surface area (Å²) in [6.45, 7) is 8.16. The molecule has 0 saturated carbocycles. The lowest BCUT2D eigenvalue weighted by molar-refractivity contribution is -0.143. The quantitative estimate of drug-likeness (QED) is 0.797. The number of piperidine rings is 1. The average Bonchev–Trinajstić information content (AvgIpc) is 2.68. The predicted molar refractivity (Wildman–Crippen MR) is 73.4 cm³/mol. The van der Waals surface area contributed by atoms with Crippen LogP contribution in [-0.2, 0) is 9.53 Å². The number of nitrogens with zero attached hydrogens (tertiary/aromatic N) is 1. The van der Waals surface area contributed by atoms with Crippen LogP contribution in [0.5, 0.6) is 0 Å².